The molecule has 104 valence electrons. The van der Waals surface area contributed by atoms with Crippen LogP contribution in [0, 0.1) is 11.8 Å². The van der Waals surface area contributed by atoms with Gasteiger partial charge >= 0.3 is 5.97 Å². The highest BCUT2D eigenvalue weighted by atomic mass is 16.4. The summed E-state index contributed by atoms with van der Waals surface area (Å²) >= 11 is 0. The predicted molar refractivity (Wildman–Crippen MR) is 68.1 cm³/mol. The van der Waals surface area contributed by atoms with Gasteiger partial charge in [-0.15, -0.1) is 0 Å². The van der Waals surface area contributed by atoms with E-state index in [1.807, 2.05) is 0 Å². The highest BCUT2D eigenvalue weighted by Crippen LogP contribution is 2.26. The number of aromatic hydroxyl groups is 2. The van der Waals surface area contributed by atoms with Gasteiger partial charge in [-0.3, -0.25) is 9.59 Å². The van der Waals surface area contributed by atoms with E-state index in [0.717, 1.165) is 0 Å². The molecule has 0 spiro atoms. The van der Waals surface area contributed by atoms with E-state index in [0.29, 0.717) is 0 Å². The lowest BCUT2D eigenvalue weighted by molar-refractivity contribution is -0.142. The number of benzene rings is 1. The van der Waals surface area contributed by atoms with Crippen molar-refractivity contribution in [2.24, 2.45) is 11.8 Å². The summed E-state index contributed by atoms with van der Waals surface area (Å²) in [5, 5.41) is 30.4. The number of carboxylic acid groups (broad SMARTS) is 1. The monoisotopic (exact) mass is 267 g/mol. The number of nitrogens with one attached hydrogen (secondary N) is 1. The molecule has 0 aliphatic carbocycles. The van der Waals surface area contributed by atoms with Crippen LogP contribution in [-0.2, 0) is 4.79 Å². The molecule has 0 aromatic heterocycles. The van der Waals surface area contributed by atoms with Gasteiger partial charge in [-0.2, -0.15) is 0 Å². The molecule has 0 fully saturated rings. The number of phenolic OH excluding ortho intramolecular Hbond substituents is 2. The second-order valence-corrected chi connectivity index (χ2v) is 4.57. The highest BCUT2D eigenvalue weighted by Gasteiger charge is 2.23. The van der Waals surface area contributed by atoms with Crippen LogP contribution >= 0.6 is 0 Å². The Morgan fingerprint density at radius 1 is 1.21 bits per heavy atom. The van der Waals surface area contributed by atoms with E-state index >= 15 is 0 Å². The van der Waals surface area contributed by atoms with Crippen molar-refractivity contribution in [2.75, 3.05) is 6.54 Å². The van der Waals surface area contributed by atoms with Crippen LogP contribution < -0.4 is 5.32 Å². The summed E-state index contributed by atoms with van der Waals surface area (Å²) in [6.07, 6.45) is 0. The van der Waals surface area contributed by atoms with Gasteiger partial charge in [0.25, 0.3) is 5.91 Å². The van der Waals surface area contributed by atoms with Crippen LogP contribution in [0.1, 0.15) is 24.2 Å². The molecule has 4 N–H and O–H groups in total. The van der Waals surface area contributed by atoms with Crippen LogP contribution in [0.2, 0.25) is 0 Å². The smallest absolute Gasteiger partial charge is 0.308 e. The van der Waals surface area contributed by atoms with Crippen LogP contribution in [0.15, 0.2) is 18.2 Å². The first kappa shape index (κ1) is 14.8. The molecule has 0 saturated heterocycles. The number of amides is 1. The lowest BCUT2D eigenvalue weighted by Crippen LogP contribution is -2.35. The number of carbonyl (C=O) groups is 2. The summed E-state index contributed by atoms with van der Waals surface area (Å²) in [7, 11) is 0. The molecule has 1 unspecified atom stereocenters. The van der Waals surface area contributed by atoms with Crippen LogP contribution in [0.3, 0.4) is 0 Å². The van der Waals surface area contributed by atoms with E-state index < -0.39 is 17.8 Å². The van der Waals surface area contributed by atoms with Crippen LogP contribution in [0.25, 0.3) is 0 Å². The molecule has 0 saturated carbocycles. The van der Waals surface area contributed by atoms with Gasteiger partial charge in [0, 0.05) is 6.54 Å². The lowest BCUT2D eigenvalue weighted by Gasteiger charge is -2.17. The Hall–Kier alpha value is -2.24. The van der Waals surface area contributed by atoms with Crippen LogP contribution in [0.4, 0.5) is 0 Å². The Bertz CT molecular complexity index is 464. The van der Waals surface area contributed by atoms with Gasteiger partial charge in [0.1, 0.15) is 17.1 Å². The highest BCUT2D eigenvalue weighted by molar-refractivity contribution is 5.99. The van der Waals surface area contributed by atoms with E-state index in [9.17, 15) is 19.8 Å². The summed E-state index contributed by atoms with van der Waals surface area (Å²) < 4.78 is 0. The summed E-state index contributed by atoms with van der Waals surface area (Å²) in [6.45, 7) is 3.41. The number of rotatable bonds is 5. The number of phenols is 2. The van der Waals surface area contributed by atoms with E-state index in [2.05, 4.69) is 5.32 Å². The maximum absolute atomic E-state index is 11.8. The van der Waals surface area contributed by atoms with Gasteiger partial charge in [0.2, 0.25) is 0 Å². The predicted octanol–water partition coefficient (Wildman–Crippen LogP) is 1.18. The van der Waals surface area contributed by atoms with E-state index in [-0.39, 0.29) is 29.5 Å². The third-order valence-corrected chi connectivity index (χ3v) is 2.85. The molecule has 1 aromatic carbocycles. The third kappa shape index (κ3) is 3.61. The fourth-order valence-electron chi connectivity index (χ4n) is 1.66. The molecular weight excluding hydrogens is 250 g/mol. The number of hydrogen-bond donors (Lipinski definition) is 4. The molecule has 1 atom stereocenters. The zero-order valence-corrected chi connectivity index (χ0v) is 10.8. The van der Waals surface area contributed by atoms with Crippen molar-refractivity contribution in [3.63, 3.8) is 0 Å². The minimum absolute atomic E-state index is 0.0698. The zero-order chi connectivity index (χ0) is 14.6. The van der Waals surface area contributed by atoms with E-state index in [1.165, 1.54) is 18.2 Å². The normalized spacial score (nSPS) is 12.2. The summed E-state index contributed by atoms with van der Waals surface area (Å²) in [5.41, 5.74) is -0.254. The van der Waals surface area contributed by atoms with E-state index in [4.69, 9.17) is 5.11 Å². The lowest BCUT2D eigenvalue weighted by atomic mass is 9.96. The second kappa shape index (κ2) is 6.08. The molecule has 0 aliphatic heterocycles. The summed E-state index contributed by atoms with van der Waals surface area (Å²) in [6, 6.07) is 3.94. The fraction of sp³-hybridized carbons (Fsp3) is 0.385. The number of aliphatic carboxylic acids is 1. The quantitative estimate of drug-likeness (QED) is 0.641. The minimum Gasteiger partial charge on any atom is -0.507 e. The van der Waals surface area contributed by atoms with Crippen LogP contribution in [-0.4, -0.2) is 33.7 Å². The molecule has 0 aliphatic rings. The minimum atomic E-state index is -1.00. The first-order valence-electron chi connectivity index (χ1n) is 5.86. The Kier molecular flexibility index (Phi) is 4.74. The van der Waals surface area contributed by atoms with Crippen molar-refractivity contribution in [1.82, 2.24) is 5.32 Å². The van der Waals surface area contributed by atoms with Crippen molar-refractivity contribution in [3.05, 3.63) is 23.8 Å². The van der Waals surface area contributed by atoms with Gasteiger partial charge < -0.3 is 20.6 Å². The van der Waals surface area contributed by atoms with Crippen molar-refractivity contribution in [1.29, 1.82) is 0 Å². The Morgan fingerprint density at radius 2 is 1.74 bits per heavy atom. The third-order valence-electron chi connectivity index (χ3n) is 2.85. The largest absolute Gasteiger partial charge is 0.507 e. The SMILES string of the molecule is CC(C)C(CNC(=O)c1c(O)cccc1O)C(=O)O. The number of carbonyl (C=O) groups excluding carboxylic acids is 1. The molecule has 0 heterocycles. The van der Waals surface area contributed by atoms with Crippen LogP contribution in [0.5, 0.6) is 11.5 Å². The van der Waals surface area contributed by atoms with E-state index in [1.54, 1.807) is 13.8 Å². The Labute approximate surface area is 110 Å². The topological polar surface area (TPSA) is 107 Å². The first-order chi connectivity index (χ1) is 8.84. The standard InChI is InChI=1S/C13H17NO5/c1-7(2)8(13(18)19)6-14-12(17)11-9(15)4-3-5-10(11)16/h3-5,7-8,15-16H,6H2,1-2H3,(H,14,17)(H,18,19). The molecule has 6 nitrogen and oxygen atoms in total. The molecule has 1 aromatic rings. The number of carboxylic acids is 1. The summed E-state index contributed by atoms with van der Waals surface area (Å²) in [5.74, 6) is -3.28. The maximum Gasteiger partial charge on any atom is 0.308 e. The van der Waals surface area contributed by atoms with Gasteiger partial charge in [0.05, 0.1) is 5.92 Å². The molecule has 0 bridgehead atoms. The van der Waals surface area contributed by atoms with Crippen molar-refractivity contribution in [3.8, 4) is 11.5 Å². The Morgan fingerprint density at radius 3 is 2.16 bits per heavy atom. The molecular formula is C13H17NO5. The summed E-state index contributed by atoms with van der Waals surface area (Å²) in [4.78, 5) is 22.8. The molecule has 1 amide bonds. The average Bonchev–Trinajstić information content (AvgIpc) is 2.27. The zero-order valence-electron chi connectivity index (χ0n) is 10.8. The first-order valence-corrected chi connectivity index (χ1v) is 5.86. The van der Waals surface area contributed by atoms with Gasteiger partial charge in [-0.05, 0) is 18.1 Å². The maximum atomic E-state index is 11.8. The van der Waals surface area contributed by atoms with Gasteiger partial charge in [-0.25, -0.2) is 0 Å². The molecule has 6 heteroatoms. The number of hydrogen-bond acceptors (Lipinski definition) is 4. The molecule has 1 rings (SSSR count). The van der Waals surface area contributed by atoms with Gasteiger partial charge in [0.15, 0.2) is 0 Å². The Balaban J connectivity index is 2.78. The van der Waals surface area contributed by atoms with Crippen molar-refractivity contribution in [2.45, 2.75) is 13.8 Å². The van der Waals surface area contributed by atoms with Gasteiger partial charge in [-0.1, -0.05) is 19.9 Å². The van der Waals surface area contributed by atoms with Crippen molar-refractivity contribution < 1.29 is 24.9 Å². The second-order valence-electron chi connectivity index (χ2n) is 4.57. The van der Waals surface area contributed by atoms with Crippen molar-refractivity contribution >= 4 is 11.9 Å². The molecule has 0 radical (unpaired) electrons. The fourth-order valence-corrected chi connectivity index (χ4v) is 1.66. The molecule has 19 heavy (non-hydrogen) atoms. The average molecular weight is 267 g/mol.